The van der Waals surface area contributed by atoms with Crippen molar-refractivity contribution in [2.45, 2.75) is 20.5 Å². The molecular weight excluding hydrogens is 216 g/mol. The number of ether oxygens (including phenoxy) is 1. The van der Waals surface area contributed by atoms with E-state index in [4.69, 9.17) is 9.84 Å². The first-order chi connectivity index (χ1) is 8.17. The molecule has 4 nitrogen and oxygen atoms in total. The lowest BCUT2D eigenvalue weighted by Gasteiger charge is -2.07. The number of aliphatic hydroxyl groups is 1. The van der Waals surface area contributed by atoms with Crippen molar-refractivity contribution in [3.05, 3.63) is 47.4 Å². The fraction of sp³-hybridized carbons (Fsp3) is 0.231. The maximum atomic E-state index is 8.96. The molecule has 0 fully saturated rings. The number of aliphatic hydroxyl groups excluding tert-OH is 1. The molecule has 17 heavy (non-hydrogen) atoms. The molecule has 1 aromatic heterocycles. The summed E-state index contributed by atoms with van der Waals surface area (Å²) in [6, 6.07) is 5.93. The summed E-state index contributed by atoms with van der Waals surface area (Å²) in [6.45, 7) is 3.88. The summed E-state index contributed by atoms with van der Waals surface area (Å²) in [5, 5.41) is 8.96. The first-order valence-electron chi connectivity index (χ1n) is 5.35. The molecule has 2 rings (SSSR count). The standard InChI is InChI=1S/C13H14N2O2/c1-9-3-10(2)5-12(4-9)17-13-7-14-6-11(8-16)15-13/h3-7,16H,8H2,1-2H3. The van der Waals surface area contributed by atoms with Gasteiger partial charge in [0.25, 0.3) is 0 Å². The van der Waals surface area contributed by atoms with Crippen LogP contribution in [0.25, 0.3) is 0 Å². The monoisotopic (exact) mass is 230 g/mol. The Morgan fingerprint density at radius 2 is 1.82 bits per heavy atom. The zero-order valence-corrected chi connectivity index (χ0v) is 9.84. The molecule has 1 aromatic carbocycles. The zero-order valence-electron chi connectivity index (χ0n) is 9.84. The Morgan fingerprint density at radius 1 is 1.12 bits per heavy atom. The molecule has 0 aliphatic heterocycles. The first kappa shape index (κ1) is 11.5. The average Bonchev–Trinajstić information content (AvgIpc) is 2.28. The lowest BCUT2D eigenvalue weighted by Crippen LogP contribution is -1.95. The predicted octanol–water partition coefficient (Wildman–Crippen LogP) is 2.38. The van der Waals surface area contributed by atoms with Gasteiger partial charge in [-0.15, -0.1) is 0 Å². The van der Waals surface area contributed by atoms with E-state index in [1.165, 1.54) is 12.4 Å². The summed E-state index contributed by atoms with van der Waals surface area (Å²) in [4.78, 5) is 8.06. The Hall–Kier alpha value is -1.94. The molecule has 0 amide bonds. The lowest BCUT2D eigenvalue weighted by atomic mass is 10.1. The van der Waals surface area contributed by atoms with E-state index in [1.807, 2.05) is 26.0 Å². The van der Waals surface area contributed by atoms with Gasteiger partial charge in [0.15, 0.2) is 0 Å². The van der Waals surface area contributed by atoms with Gasteiger partial charge in [0.2, 0.25) is 5.88 Å². The molecule has 1 N–H and O–H groups in total. The van der Waals surface area contributed by atoms with E-state index in [2.05, 4.69) is 16.0 Å². The maximum absolute atomic E-state index is 8.96. The average molecular weight is 230 g/mol. The van der Waals surface area contributed by atoms with Crippen LogP contribution in [0.5, 0.6) is 11.6 Å². The van der Waals surface area contributed by atoms with Gasteiger partial charge in [-0.25, -0.2) is 4.98 Å². The maximum Gasteiger partial charge on any atom is 0.238 e. The molecule has 0 saturated heterocycles. The topological polar surface area (TPSA) is 55.2 Å². The second-order valence-electron chi connectivity index (χ2n) is 3.93. The molecular formula is C13H14N2O2. The van der Waals surface area contributed by atoms with Crippen molar-refractivity contribution < 1.29 is 9.84 Å². The van der Waals surface area contributed by atoms with Crippen molar-refractivity contribution >= 4 is 0 Å². The van der Waals surface area contributed by atoms with Gasteiger partial charge < -0.3 is 9.84 Å². The minimum Gasteiger partial charge on any atom is -0.437 e. The van der Waals surface area contributed by atoms with Gasteiger partial charge in [-0.2, -0.15) is 0 Å². The highest BCUT2D eigenvalue weighted by atomic mass is 16.5. The number of rotatable bonds is 3. The normalized spacial score (nSPS) is 10.3. The summed E-state index contributed by atoms with van der Waals surface area (Å²) >= 11 is 0. The van der Waals surface area contributed by atoms with Gasteiger partial charge in [-0.05, 0) is 37.1 Å². The number of aryl methyl sites for hydroxylation is 2. The van der Waals surface area contributed by atoms with E-state index >= 15 is 0 Å². The van der Waals surface area contributed by atoms with Crippen molar-refractivity contribution in [1.82, 2.24) is 9.97 Å². The summed E-state index contributed by atoms with van der Waals surface area (Å²) in [5.41, 5.74) is 2.75. The predicted molar refractivity (Wildman–Crippen MR) is 63.9 cm³/mol. The minimum absolute atomic E-state index is 0.142. The van der Waals surface area contributed by atoms with Crippen LogP contribution in [0.15, 0.2) is 30.6 Å². The summed E-state index contributed by atoms with van der Waals surface area (Å²) in [6.07, 6.45) is 3.03. The molecule has 0 aliphatic rings. The van der Waals surface area contributed by atoms with Gasteiger partial charge in [-0.3, -0.25) is 4.98 Å². The van der Waals surface area contributed by atoms with Gasteiger partial charge in [0, 0.05) is 0 Å². The second-order valence-corrected chi connectivity index (χ2v) is 3.93. The quantitative estimate of drug-likeness (QED) is 0.879. The number of nitrogens with zero attached hydrogens (tertiary/aromatic N) is 2. The van der Waals surface area contributed by atoms with Crippen LogP contribution in [0.2, 0.25) is 0 Å². The third-order valence-corrected chi connectivity index (χ3v) is 2.24. The van der Waals surface area contributed by atoms with Crippen LogP contribution < -0.4 is 4.74 Å². The SMILES string of the molecule is Cc1cc(C)cc(Oc2cncc(CO)n2)c1. The lowest BCUT2D eigenvalue weighted by molar-refractivity contribution is 0.274. The molecule has 0 spiro atoms. The highest BCUT2D eigenvalue weighted by Crippen LogP contribution is 2.21. The van der Waals surface area contributed by atoms with Gasteiger partial charge >= 0.3 is 0 Å². The van der Waals surface area contributed by atoms with Crippen LogP contribution >= 0.6 is 0 Å². The molecule has 1 heterocycles. The summed E-state index contributed by atoms with van der Waals surface area (Å²) in [5.74, 6) is 1.12. The Kier molecular flexibility index (Phi) is 3.35. The number of benzene rings is 1. The number of hydrogen-bond donors (Lipinski definition) is 1. The van der Waals surface area contributed by atoms with Crippen LogP contribution in [0, 0.1) is 13.8 Å². The molecule has 0 radical (unpaired) electrons. The molecule has 88 valence electrons. The van der Waals surface area contributed by atoms with E-state index in [-0.39, 0.29) is 6.61 Å². The number of aromatic nitrogens is 2. The van der Waals surface area contributed by atoms with Crippen molar-refractivity contribution in [3.8, 4) is 11.6 Å². The van der Waals surface area contributed by atoms with E-state index < -0.39 is 0 Å². The first-order valence-corrected chi connectivity index (χ1v) is 5.35. The number of hydrogen-bond acceptors (Lipinski definition) is 4. The van der Waals surface area contributed by atoms with Crippen molar-refractivity contribution in [2.75, 3.05) is 0 Å². The third-order valence-electron chi connectivity index (χ3n) is 2.24. The van der Waals surface area contributed by atoms with Crippen LogP contribution in [0.4, 0.5) is 0 Å². The van der Waals surface area contributed by atoms with Crippen LogP contribution in [0.1, 0.15) is 16.8 Å². The Morgan fingerprint density at radius 3 is 2.47 bits per heavy atom. The van der Waals surface area contributed by atoms with Gasteiger partial charge in [0.1, 0.15) is 5.75 Å². The minimum atomic E-state index is -0.142. The Labute approximate surface area is 99.9 Å². The van der Waals surface area contributed by atoms with Crippen molar-refractivity contribution in [2.24, 2.45) is 0 Å². The summed E-state index contributed by atoms with van der Waals surface area (Å²) < 4.78 is 5.60. The molecule has 0 bridgehead atoms. The van der Waals surface area contributed by atoms with E-state index in [9.17, 15) is 0 Å². The molecule has 0 unspecified atom stereocenters. The van der Waals surface area contributed by atoms with Crippen LogP contribution in [-0.2, 0) is 6.61 Å². The highest BCUT2D eigenvalue weighted by Gasteiger charge is 2.02. The van der Waals surface area contributed by atoms with Crippen LogP contribution in [-0.4, -0.2) is 15.1 Å². The highest BCUT2D eigenvalue weighted by molar-refractivity contribution is 5.35. The fourth-order valence-electron chi connectivity index (χ4n) is 1.62. The molecule has 2 aromatic rings. The Balaban J connectivity index is 2.24. The Bertz CT molecular complexity index is 506. The molecule has 0 saturated carbocycles. The van der Waals surface area contributed by atoms with Crippen LogP contribution in [0.3, 0.4) is 0 Å². The van der Waals surface area contributed by atoms with E-state index in [0.717, 1.165) is 16.9 Å². The molecule has 0 atom stereocenters. The van der Waals surface area contributed by atoms with E-state index in [0.29, 0.717) is 11.6 Å². The smallest absolute Gasteiger partial charge is 0.238 e. The molecule has 4 heteroatoms. The van der Waals surface area contributed by atoms with Gasteiger partial charge in [-0.1, -0.05) is 6.07 Å². The molecule has 0 aliphatic carbocycles. The zero-order chi connectivity index (χ0) is 12.3. The van der Waals surface area contributed by atoms with Crippen molar-refractivity contribution in [1.29, 1.82) is 0 Å². The van der Waals surface area contributed by atoms with Gasteiger partial charge in [0.05, 0.1) is 24.7 Å². The third kappa shape index (κ3) is 3.01. The van der Waals surface area contributed by atoms with E-state index in [1.54, 1.807) is 0 Å². The fourth-order valence-corrected chi connectivity index (χ4v) is 1.62. The van der Waals surface area contributed by atoms with Crippen molar-refractivity contribution in [3.63, 3.8) is 0 Å². The largest absolute Gasteiger partial charge is 0.437 e. The second kappa shape index (κ2) is 4.93. The summed E-state index contributed by atoms with van der Waals surface area (Å²) in [7, 11) is 0.